The van der Waals surface area contributed by atoms with E-state index < -0.39 is 155 Å². The van der Waals surface area contributed by atoms with Gasteiger partial charge in [-0.3, -0.25) is 57.6 Å². The number of nitrogens with zero attached hydrogens (tertiary/aromatic N) is 7. The number of carbonyl (C=O) groups is 12. The van der Waals surface area contributed by atoms with Crippen molar-refractivity contribution in [2.24, 2.45) is 23.7 Å². The van der Waals surface area contributed by atoms with Crippen molar-refractivity contribution < 1.29 is 67.4 Å². The lowest BCUT2D eigenvalue weighted by molar-refractivity contribution is -0.152. The van der Waals surface area contributed by atoms with Crippen LogP contribution >= 0.6 is 0 Å². The molecule has 536 valence electrons. The number of amides is 13. The van der Waals surface area contributed by atoms with E-state index in [1.54, 1.807) is 88.4 Å². The van der Waals surface area contributed by atoms with E-state index in [-0.39, 0.29) is 56.5 Å². The number of carbonyl (C=O) groups excluding carboxylic acids is 12. The Kier molecular flexibility index (Phi) is 31.6. The number of aliphatic hydroxyl groups is 1. The lowest BCUT2D eigenvalue weighted by Gasteiger charge is -2.38. The fraction of sp³-hybridized carbons (Fsp3) is 0.657. The molecule has 0 bridgehead atoms. The predicted molar refractivity (Wildman–Crippen MR) is 365 cm³/mol. The SMILES string of the molecule is CC[C@H](C)[C@H]1C(=O)N[C@@H](C)C(=O)N(C)[C@@H](CC(C)C)C(=O)N[C@@H](COC(C)(C)C)C(=O)N(C)[C@@H](CC(C)C)C(=O)N[C@@H](C)C(=O)N(C)C(=O)N[C@@H](Cc2ccccc2)C(=O)N(C)[C@@H](Cc2ccccc2)C(=O)N(C)[C@H](CC(C)C)C(=O)NC([C@@H](C)O)C(=O)N(C)[C@@H](C)C(=O)N1C. The fourth-order valence-corrected chi connectivity index (χ4v) is 11.4. The van der Waals surface area contributed by atoms with Crippen LogP contribution in [0.3, 0.4) is 0 Å². The van der Waals surface area contributed by atoms with Crippen molar-refractivity contribution in [2.75, 3.05) is 55.9 Å². The molecule has 2 aromatic carbocycles. The van der Waals surface area contributed by atoms with E-state index in [1.165, 1.54) is 89.6 Å². The zero-order valence-corrected chi connectivity index (χ0v) is 60.8. The summed E-state index contributed by atoms with van der Waals surface area (Å²) in [6.07, 6.45) is -1.23. The molecule has 6 N–H and O–H groups in total. The van der Waals surface area contributed by atoms with E-state index in [9.17, 15) is 53.1 Å². The highest BCUT2D eigenvalue weighted by Gasteiger charge is 2.44. The maximum Gasteiger partial charge on any atom is 0.324 e. The van der Waals surface area contributed by atoms with Gasteiger partial charge in [0.05, 0.1) is 18.3 Å². The standard InChI is InChI=1S/C70H112N12O14/c1-23-43(8)57-61(87)72-44(9)62(88)77(17)53(35-41(4)5)59(85)73-51(39-96-70(13,14)15)66(92)78(18)52(34-40(2)3)58(84)71-45(10)63(89)82(22)69(95)74-50(37-48-30-26-24-27-31-48)65(91)80(20)55(38-49-32-28-25-29-33-49)67(93)79(19)54(36-42(6)7)60(86)75-56(47(12)83)68(94)76(16)46(11)64(90)81(57)21/h24-33,40-47,50-57,83H,23,34-39H2,1-22H3,(H,71,84)(H,72,87)(H,73,85)(H,74,95)(H,75,86)/t43-,44-,45-,46-,47+,50-,51-,52-,53-,54+,55-,56?,57-/m0/s1. The minimum atomic E-state index is -1.69. The first-order chi connectivity index (χ1) is 44.6. The van der Waals surface area contributed by atoms with Gasteiger partial charge in [0.1, 0.15) is 66.5 Å². The van der Waals surface area contributed by atoms with Crippen LogP contribution in [0.1, 0.15) is 141 Å². The molecule has 1 unspecified atom stereocenters. The Morgan fingerprint density at radius 1 is 0.448 bits per heavy atom. The van der Waals surface area contributed by atoms with Crippen molar-refractivity contribution in [3.05, 3.63) is 71.8 Å². The molecule has 1 aliphatic rings. The summed E-state index contributed by atoms with van der Waals surface area (Å²) in [5, 5.41) is 24.8. The van der Waals surface area contributed by atoms with Gasteiger partial charge in [-0.1, -0.05) is 122 Å². The predicted octanol–water partition coefficient (Wildman–Crippen LogP) is 3.36. The Morgan fingerprint density at radius 2 is 0.854 bits per heavy atom. The van der Waals surface area contributed by atoms with Crippen LogP contribution in [-0.2, 0) is 70.3 Å². The van der Waals surface area contributed by atoms with Gasteiger partial charge >= 0.3 is 6.03 Å². The van der Waals surface area contributed by atoms with Crippen LogP contribution in [-0.4, -0.2) is 245 Å². The fourth-order valence-electron chi connectivity index (χ4n) is 11.4. The number of likely N-dealkylation sites (N-methyl/N-ethyl adjacent to an activating group) is 7. The summed E-state index contributed by atoms with van der Waals surface area (Å²) in [6, 6.07) is 1.42. The molecule has 0 saturated carbocycles. The minimum absolute atomic E-state index is 0.0279. The summed E-state index contributed by atoms with van der Waals surface area (Å²) in [7, 11) is 9.38. The third kappa shape index (κ3) is 23.1. The lowest BCUT2D eigenvalue weighted by Crippen LogP contribution is -2.62. The third-order valence-electron chi connectivity index (χ3n) is 17.6. The van der Waals surface area contributed by atoms with E-state index in [2.05, 4.69) is 26.6 Å². The molecule has 96 heavy (non-hydrogen) atoms. The van der Waals surface area contributed by atoms with E-state index >= 15 is 9.59 Å². The highest BCUT2D eigenvalue weighted by atomic mass is 16.5. The number of ether oxygens (including phenoxy) is 1. The number of nitrogens with one attached hydrogen (secondary N) is 5. The molecule has 26 heteroatoms. The van der Waals surface area contributed by atoms with Gasteiger partial charge in [0, 0.05) is 62.2 Å². The maximum absolute atomic E-state index is 15.4. The molecular weight excluding hydrogens is 1230 g/mol. The van der Waals surface area contributed by atoms with Crippen LogP contribution in [0.2, 0.25) is 0 Å². The quantitative estimate of drug-likeness (QED) is 0.149. The first-order valence-electron chi connectivity index (χ1n) is 33.4. The Bertz CT molecular complexity index is 3000. The number of hydrogen-bond donors (Lipinski definition) is 6. The highest BCUT2D eigenvalue weighted by Crippen LogP contribution is 2.23. The van der Waals surface area contributed by atoms with Crippen molar-refractivity contribution in [1.29, 1.82) is 0 Å². The molecule has 1 saturated heterocycles. The van der Waals surface area contributed by atoms with Crippen molar-refractivity contribution in [3.8, 4) is 0 Å². The summed E-state index contributed by atoms with van der Waals surface area (Å²) in [4.78, 5) is 184. The smallest absolute Gasteiger partial charge is 0.324 e. The molecule has 1 aliphatic heterocycles. The summed E-state index contributed by atoms with van der Waals surface area (Å²) in [5.74, 6) is -9.76. The van der Waals surface area contributed by atoms with Crippen molar-refractivity contribution in [3.63, 3.8) is 0 Å². The molecule has 0 radical (unpaired) electrons. The van der Waals surface area contributed by atoms with Gasteiger partial charge in [-0.2, -0.15) is 0 Å². The molecule has 13 amide bonds. The topological polar surface area (TPSA) is 317 Å². The van der Waals surface area contributed by atoms with Crippen LogP contribution < -0.4 is 26.6 Å². The molecule has 0 aliphatic carbocycles. The Hall–Kier alpha value is -8.00. The number of imide groups is 1. The van der Waals surface area contributed by atoms with E-state index in [0.29, 0.717) is 22.4 Å². The molecule has 1 heterocycles. The molecular formula is C70H112N12O14. The first-order valence-corrected chi connectivity index (χ1v) is 33.4. The van der Waals surface area contributed by atoms with E-state index in [4.69, 9.17) is 4.74 Å². The second kappa shape index (κ2) is 36.9. The normalized spacial score (nSPS) is 26.0. The summed E-state index contributed by atoms with van der Waals surface area (Å²) in [6.45, 7) is 24.8. The van der Waals surface area contributed by atoms with Gasteiger partial charge < -0.3 is 65.8 Å². The van der Waals surface area contributed by atoms with Crippen LogP contribution in [0.25, 0.3) is 0 Å². The van der Waals surface area contributed by atoms with Gasteiger partial charge in [0.25, 0.3) is 5.91 Å². The second-order valence-corrected chi connectivity index (χ2v) is 28.1. The minimum Gasteiger partial charge on any atom is -0.391 e. The highest BCUT2D eigenvalue weighted by molar-refractivity contribution is 6.02. The van der Waals surface area contributed by atoms with E-state index in [1.807, 2.05) is 48.5 Å². The zero-order valence-electron chi connectivity index (χ0n) is 60.8. The first kappa shape index (κ1) is 82.2. The average molecular weight is 1350 g/mol. The van der Waals surface area contributed by atoms with Crippen molar-refractivity contribution in [1.82, 2.24) is 60.9 Å². The number of rotatable bonds is 15. The van der Waals surface area contributed by atoms with Gasteiger partial charge in [0.2, 0.25) is 59.1 Å². The third-order valence-corrected chi connectivity index (χ3v) is 17.6. The Morgan fingerprint density at radius 3 is 1.31 bits per heavy atom. The van der Waals surface area contributed by atoms with Crippen molar-refractivity contribution in [2.45, 2.75) is 221 Å². The Balaban J connectivity index is 2.35. The number of hydrogen-bond acceptors (Lipinski definition) is 14. The van der Waals surface area contributed by atoms with Crippen LogP contribution in [0, 0.1) is 23.7 Å². The van der Waals surface area contributed by atoms with Gasteiger partial charge in [0.15, 0.2) is 0 Å². The zero-order chi connectivity index (χ0) is 73.1. The van der Waals surface area contributed by atoms with Crippen LogP contribution in [0.4, 0.5) is 4.79 Å². The second-order valence-electron chi connectivity index (χ2n) is 28.1. The molecule has 0 spiro atoms. The summed E-state index contributed by atoms with van der Waals surface area (Å²) >= 11 is 0. The maximum atomic E-state index is 15.4. The molecule has 0 aromatic heterocycles. The molecule has 1 fully saturated rings. The lowest BCUT2D eigenvalue weighted by atomic mass is 9.95. The summed E-state index contributed by atoms with van der Waals surface area (Å²) < 4.78 is 6.11. The molecule has 26 nitrogen and oxygen atoms in total. The van der Waals surface area contributed by atoms with Gasteiger partial charge in [-0.05, 0) is 103 Å². The number of benzene rings is 2. The number of aliphatic hydroxyl groups excluding tert-OH is 1. The van der Waals surface area contributed by atoms with Crippen LogP contribution in [0.15, 0.2) is 60.7 Å². The molecule has 3 rings (SSSR count). The van der Waals surface area contributed by atoms with Gasteiger partial charge in [-0.25, -0.2) is 4.79 Å². The monoisotopic (exact) mass is 1340 g/mol. The van der Waals surface area contributed by atoms with Crippen molar-refractivity contribution >= 4 is 71.0 Å². The average Bonchev–Trinajstić information content (AvgIpc) is 0.837. The van der Waals surface area contributed by atoms with Gasteiger partial charge in [-0.15, -0.1) is 0 Å². The molecule has 13 atom stereocenters. The van der Waals surface area contributed by atoms with E-state index in [0.717, 1.165) is 16.8 Å². The van der Waals surface area contributed by atoms with Crippen LogP contribution in [0.5, 0.6) is 0 Å². The Labute approximate surface area is 569 Å². The largest absolute Gasteiger partial charge is 0.391 e. The molecule has 2 aromatic rings. The summed E-state index contributed by atoms with van der Waals surface area (Å²) in [5.41, 5.74) is 0.378. The number of urea groups is 1.